The monoisotopic (exact) mass is 539 g/mol. The van der Waals surface area contributed by atoms with Crippen LogP contribution < -0.4 is 0 Å². The maximum absolute atomic E-state index is 6.35. The lowest BCUT2D eigenvalue weighted by Crippen LogP contribution is -2.00. The topological polar surface area (TPSA) is 65.0 Å². The number of aromatic nitrogens is 3. The van der Waals surface area contributed by atoms with Crippen LogP contribution in [0, 0.1) is 0 Å². The van der Waals surface area contributed by atoms with Crippen molar-refractivity contribution in [3.8, 4) is 34.2 Å². The number of rotatable bonds is 3. The Bertz CT molecular complexity index is 2470. The minimum absolute atomic E-state index is 0.562. The number of hydrogen-bond donors (Lipinski definition) is 0. The van der Waals surface area contributed by atoms with Crippen LogP contribution in [0.5, 0.6) is 0 Å². The van der Waals surface area contributed by atoms with Gasteiger partial charge < -0.3 is 8.83 Å². The van der Waals surface area contributed by atoms with Gasteiger partial charge in [0.2, 0.25) is 0 Å². The van der Waals surface area contributed by atoms with Gasteiger partial charge in [-0.15, -0.1) is 0 Å². The van der Waals surface area contributed by atoms with Crippen LogP contribution in [0.3, 0.4) is 0 Å². The molecule has 0 aliphatic heterocycles. The van der Waals surface area contributed by atoms with E-state index in [4.69, 9.17) is 23.8 Å². The molecule has 3 aromatic heterocycles. The Hall–Kier alpha value is -5.81. The Morgan fingerprint density at radius 3 is 1.93 bits per heavy atom. The highest BCUT2D eigenvalue weighted by Crippen LogP contribution is 2.37. The highest BCUT2D eigenvalue weighted by molar-refractivity contribution is 6.11. The lowest BCUT2D eigenvalue weighted by molar-refractivity contribution is 0.669. The second-order valence-electron chi connectivity index (χ2n) is 10.5. The van der Waals surface area contributed by atoms with E-state index in [0.29, 0.717) is 17.5 Å². The first kappa shape index (κ1) is 22.9. The van der Waals surface area contributed by atoms with E-state index in [9.17, 15) is 0 Å². The van der Waals surface area contributed by atoms with Crippen LogP contribution in [0.25, 0.3) is 88.8 Å². The fourth-order valence-electron chi connectivity index (χ4n) is 5.87. The Kier molecular flexibility index (Phi) is 4.83. The second-order valence-corrected chi connectivity index (χ2v) is 10.5. The predicted octanol–water partition coefficient (Wildman–Crippen LogP) is 9.82. The molecular weight excluding hydrogens is 518 g/mol. The Morgan fingerprint density at radius 1 is 0.381 bits per heavy atom. The summed E-state index contributed by atoms with van der Waals surface area (Å²) in [5.74, 6) is 1.75. The SMILES string of the molecule is c1ccc(-c2nc(-c3ccc4oc5cc6ccccc6cc5c4c3)nc(-c3cccc4c3oc3ccccc34)n2)cc1. The number of nitrogens with zero attached hydrogens (tertiary/aromatic N) is 3. The van der Waals surface area contributed by atoms with Crippen LogP contribution in [0.4, 0.5) is 0 Å². The van der Waals surface area contributed by atoms with Gasteiger partial charge in [-0.05, 0) is 53.2 Å². The molecule has 9 rings (SSSR count). The Balaban J connectivity index is 1.29. The van der Waals surface area contributed by atoms with E-state index >= 15 is 0 Å². The van der Waals surface area contributed by atoms with E-state index in [-0.39, 0.29) is 0 Å². The highest BCUT2D eigenvalue weighted by Gasteiger charge is 2.18. The van der Waals surface area contributed by atoms with E-state index in [1.54, 1.807) is 0 Å². The second kappa shape index (κ2) is 8.85. The number of para-hydroxylation sites is 2. The minimum Gasteiger partial charge on any atom is -0.456 e. The van der Waals surface area contributed by atoms with Crippen LogP contribution in [-0.4, -0.2) is 15.0 Å². The quantitative estimate of drug-likeness (QED) is 0.224. The molecule has 5 nitrogen and oxygen atoms in total. The molecule has 0 aliphatic carbocycles. The molecule has 0 spiro atoms. The van der Waals surface area contributed by atoms with Gasteiger partial charge in [-0.3, -0.25) is 0 Å². The van der Waals surface area contributed by atoms with Gasteiger partial charge in [0.15, 0.2) is 17.5 Å². The molecule has 42 heavy (non-hydrogen) atoms. The average molecular weight is 540 g/mol. The summed E-state index contributed by atoms with van der Waals surface area (Å²) in [5.41, 5.74) is 5.91. The van der Waals surface area contributed by atoms with Crippen molar-refractivity contribution in [2.75, 3.05) is 0 Å². The first-order valence-electron chi connectivity index (χ1n) is 13.9. The van der Waals surface area contributed by atoms with Crippen molar-refractivity contribution in [1.82, 2.24) is 15.0 Å². The van der Waals surface area contributed by atoms with Crippen molar-refractivity contribution in [3.05, 3.63) is 127 Å². The molecular formula is C37H21N3O2. The molecule has 0 aliphatic rings. The van der Waals surface area contributed by atoms with Gasteiger partial charge in [0.25, 0.3) is 0 Å². The molecule has 0 amide bonds. The molecule has 9 aromatic rings. The first-order chi connectivity index (χ1) is 20.8. The predicted molar refractivity (Wildman–Crippen MR) is 168 cm³/mol. The summed E-state index contributed by atoms with van der Waals surface area (Å²) in [4.78, 5) is 14.9. The molecule has 0 unspecified atom stereocenters. The highest BCUT2D eigenvalue weighted by atomic mass is 16.3. The Labute approximate surface area is 239 Å². The van der Waals surface area contributed by atoms with Gasteiger partial charge in [-0.25, -0.2) is 15.0 Å². The zero-order chi connectivity index (χ0) is 27.6. The molecule has 0 fully saturated rings. The van der Waals surface area contributed by atoms with Crippen molar-refractivity contribution in [2.45, 2.75) is 0 Å². The number of furan rings is 2. The third-order valence-corrected chi connectivity index (χ3v) is 7.91. The zero-order valence-corrected chi connectivity index (χ0v) is 22.3. The van der Waals surface area contributed by atoms with E-state index in [1.165, 1.54) is 5.39 Å². The summed E-state index contributed by atoms with van der Waals surface area (Å²) in [6, 6.07) is 43.0. The third kappa shape index (κ3) is 3.54. The molecule has 6 aromatic carbocycles. The molecule has 196 valence electrons. The molecule has 0 saturated heterocycles. The summed E-state index contributed by atoms with van der Waals surface area (Å²) in [6.45, 7) is 0. The van der Waals surface area contributed by atoms with Gasteiger partial charge in [0, 0.05) is 32.7 Å². The molecule has 5 heteroatoms. The average Bonchev–Trinajstić information content (AvgIpc) is 3.61. The van der Waals surface area contributed by atoms with Gasteiger partial charge in [0.1, 0.15) is 22.3 Å². The summed E-state index contributed by atoms with van der Waals surface area (Å²) < 4.78 is 12.6. The van der Waals surface area contributed by atoms with E-state index in [2.05, 4.69) is 48.5 Å². The van der Waals surface area contributed by atoms with Crippen molar-refractivity contribution >= 4 is 54.6 Å². The van der Waals surface area contributed by atoms with E-state index in [0.717, 1.165) is 66.0 Å². The molecule has 0 saturated carbocycles. The molecule has 0 bridgehead atoms. The lowest BCUT2D eigenvalue weighted by Gasteiger charge is -2.09. The molecule has 3 heterocycles. The summed E-state index contributed by atoms with van der Waals surface area (Å²) in [7, 11) is 0. The van der Waals surface area contributed by atoms with Crippen molar-refractivity contribution < 1.29 is 8.83 Å². The number of hydrogen-bond acceptors (Lipinski definition) is 5. The van der Waals surface area contributed by atoms with Gasteiger partial charge in [-0.1, -0.05) is 84.9 Å². The van der Waals surface area contributed by atoms with Crippen LogP contribution in [0.2, 0.25) is 0 Å². The van der Waals surface area contributed by atoms with Gasteiger partial charge in [0.05, 0.1) is 5.56 Å². The van der Waals surface area contributed by atoms with Crippen LogP contribution in [0.15, 0.2) is 136 Å². The summed E-state index contributed by atoms with van der Waals surface area (Å²) in [6.07, 6.45) is 0. The van der Waals surface area contributed by atoms with Crippen LogP contribution >= 0.6 is 0 Å². The zero-order valence-electron chi connectivity index (χ0n) is 22.3. The molecule has 0 atom stereocenters. The first-order valence-corrected chi connectivity index (χ1v) is 13.9. The summed E-state index contributed by atoms with van der Waals surface area (Å²) >= 11 is 0. The molecule has 0 radical (unpaired) electrons. The van der Waals surface area contributed by atoms with Crippen LogP contribution in [-0.2, 0) is 0 Å². The van der Waals surface area contributed by atoms with Crippen molar-refractivity contribution in [2.24, 2.45) is 0 Å². The fourth-order valence-corrected chi connectivity index (χ4v) is 5.87. The number of benzene rings is 6. The van der Waals surface area contributed by atoms with Crippen molar-refractivity contribution in [3.63, 3.8) is 0 Å². The minimum atomic E-state index is 0.562. The number of fused-ring (bicyclic) bond motifs is 7. The Morgan fingerprint density at radius 2 is 1.05 bits per heavy atom. The lowest BCUT2D eigenvalue weighted by atomic mass is 10.0. The van der Waals surface area contributed by atoms with E-state index < -0.39 is 0 Å². The third-order valence-electron chi connectivity index (χ3n) is 7.91. The fraction of sp³-hybridized carbons (Fsp3) is 0. The standard InChI is InChI=1S/C37H21N3O2/c1-2-9-22(10-3-1)35-38-36(40-37(39-35)28-15-8-14-27-26-13-6-7-16-31(26)42-34(27)28)25-17-18-32-29(20-25)30-19-23-11-4-5-12-24(23)21-33(30)41-32/h1-21H. The van der Waals surface area contributed by atoms with Gasteiger partial charge in [-0.2, -0.15) is 0 Å². The molecule has 0 N–H and O–H groups in total. The van der Waals surface area contributed by atoms with Crippen LogP contribution in [0.1, 0.15) is 0 Å². The smallest absolute Gasteiger partial charge is 0.167 e. The summed E-state index contributed by atoms with van der Waals surface area (Å²) in [5, 5.41) is 6.51. The largest absolute Gasteiger partial charge is 0.456 e. The van der Waals surface area contributed by atoms with Crippen molar-refractivity contribution in [1.29, 1.82) is 0 Å². The van der Waals surface area contributed by atoms with Gasteiger partial charge >= 0.3 is 0 Å². The normalized spacial score (nSPS) is 11.8. The maximum Gasteiger partial charge on any atom is 0.167 e. The van der Waals surface area contributed by atoms with E-state index in [1.807, 2.05) is 78.9 Å². The maximum atomic E-state index is 6.35.